The molecular weight excluding hydrogens is 186 g/mol. The highest BCUT2D eigenvalue weighted by atomic mass is 35.5. The minimum Gasteiger partial charge on any atom is -0.289 e. The fourth-order valence-corrected chi connectivity index (χ4v) is 1.37. The zero-order valence-corrected chi connectivity index (χ0v) is 8.15. The average Bonchev–Trinajstić information content (AvgIpc) is 1.86. The van der Waals surface area contributed by atoms with Gasteiger partial charge in [0.15, 0.2) is 0 Å². The van der Waals surface area contributed by atoms with E-state index in [1.54, 1.807) is 6.92 Å². The summed E-state index contributed by atoms with van der Waals surface area (Å²) < 4.78 is 20.5. The van der Waals surface area contributed by atoms with Gasteiger partial charge in [-0.05, 0) is 13.3 Å². The Balaban J connectivity index is 4.11. The first-order valence-corrected chi connectivity index (χ1v) is 4.73. The molecule has 1 atom stereocenters. The van der Waals surface area contributed by atoms with Crippen molar-refractivity contribution in [2.75, 3.05) is 6.54 Å². The van der Waals surface area contributed by atoms with Crippen LogP contribution >= 0.6 is 11.6 Å². The maximum Gasteiger partial charge on any atom is 0.261 e. The Hall–Kier alpha value is -0.0600. The molecule has 1 N–H and O–H groups in total. The summed E-state index contributed by atoms with van der Waals surface area (Å²) in [6, 6.07) is 0. The van der Waals surface area contributed by atoms with E-state index in [-0.39, 0.29) is 0 Å². The van der Waals surface area contributed by atoms with E-state index in [4.69, 9.17) is 16.2 Å². The molecule has 0 amide bonds. The predicted molar refractivity (Wildman–Crippen MR) is 47.4 cm³/mol. The molecule has 66 valence electrons. The third kappa shape index (κ3) is 5.24. The largest absolute Gasteiger partial charge is 0.289 e. The van der Waals surface area contributed by atoms with Crippen molar-refractivity contribution in [3.8, 4) is 0 Å². The van der Waals surface area contributed by atoms with Crippen LogP contribution in [0.3, 0.4) is 0 Å². The lowest BCUT2D eigenvalue weighted by Crippen LogP contribution is -2.20. The molecule has 0 spiro atoms. The third-order valence-corrected chi connectivity index (χ3v) is 1.75. The van der Waals surface area contributed by atoms with Crippen LogP contribution in [0.15, 0.2) is 11.2 Å². The van der Waals surface area contributed by atoms with Crippen molar-refractivity contribution in [3.63, 3.8) is 0 Å². The molecule has 0 aromatic carbocycles. The lowest BCUT2D eigenvalue weighted by molar-refractivity contribution is 0.470. The molecule has 1 unspecified atom stereocenters. The standard InChI is InChI=1S/C6H12ClNO2S/c1-3-4-8(11(9)10)5-6(2)7/h5H,3-4H2,1-2H3,(H,9,10). The molecule has 0 aliphatic carbocycles. The van der Waals surface area contributed by atoms with E-state index in [0.717, 1.165) is 6.42 Å². The van der Waals surface area contributed by atoms with E-state index in [2.05, 4.69) is 0 Å². The lowest BCUT2D eigenvalue weighted by Gasteiger charge is -2.13. The molecule has 3 nitrogen and oxygen atoms in total. The van der Waals surface area contributed by atoms with Gasteiger partial charge in [-0.1, -0.05) is 18.5 Å². The van der Waals surface area contributed by atoms with Gasteiger partial charge in [0, 0.05) is 17.8 Å². The van der Waals surface area contributed by atoms with Gasteiger partial charge in [-0.2, -0.15) is 0 Å². The molecular formula is C6H12ClNO2S. The van der Waals surface area contributed by atoms with Crippen molar-refractivity contribution >= 4 is 22.9 Å². The van der Waals surface area contributed by atoms with Crippen LogP contribution in [0.5, 0.6) is 0 Å². The van der Waals surface area contributed by atoms with Gasteiger partial charge in [0.25, 0.3) is 11.3 Å². The molecule has 0 bridgehead atoms. The van der Waals surface area contributed by atoms with Gasteiger partial charge in [-0.15, -0.1) is 0 Å². The molecule has 0 rings (SSSR count). The average molecular weight is 198 g/mol. The van der Waals surface area contributed by atoms with E-state index >= 15 is 0 Å². The SMILES string of the molecule is CCCN(C=C(C)Cl)S(=O)O. The first kappa shape index (κ1) is 10.9. The molecule has 0 saturated carbocycles. The first-order valence-electron chi connectivity index (χ1n) is 3.29. The highest BCUT2D eigenvalue weighted by Crippen LogP contribution is 2.04. The van der Waals surface area contributed by atoms with Gasteiger partial charge < -0.3 is 0 Å². The normalized spacial score (nSPS) is 14.7. The summed E-state index contributed by atoms with van der Waals surface area (Å²) in [6.07, 6.45) is 2.27. The minimum atomic E-state index is -1.95. The Morgan fingerprint density at radius 2 is 2.36 bits per heavy atom. The Kier molecular flexibility index (Phi) is 5.54. The van der Waals surface area contributed by atoms with Crippen LogP contribution in [0.1, 0.15) is 20.3 Å². The third-order valence-electron chi connectivity index (χ3n) is 0.966. The number of hydrogen-bond donors (Lipinski definition) is 1. The number of halogens is 1. The number of rotatable bonds is 4. The van der Waals surface area contributed by atoms with E-state index in [1.807, 2.05) is 6.92 Å². The van der Waals surface area contributed by atoms with E-state index in [9.17, 15) is 4.21 Å². The summed E-state index contributed by atoms with van der Waals surface area (Å²) in [5, 5.41) is 0.501. The fraction of sp³-hybridized carbons (Fsp3) is 0.667. The summed E-state index contributed by atoms with van der Waals surface area (Å²) in [5.74, 6) is 0. The quantitative estimate of drug-likeness (QED) is 0.700. The number of allylic oxidation sites excluding steroid dienone is 1. The lowest BCUT2D eigenvalue weighted by atomic mass is 10.5. The Labute approximate surface area is 74.5 Å². The van der Waals surface area contributed by atoms with E-state index in [0.29, 0.717) is 11.6 Å². The Morgan fingerprint density at radius 1 is 1.82 bits per heavy atom. The second-order valence-corrected chi connectivity index (χ2v) is 3.61. The molecule has 0 aromatic rings. The van der Waals surface area contributed by atoms with Gasteiger partial charge >= 0.3 is 0 Å². The van der Waals surface area contributed by atoms with Gasteiger partial charge in [0.1, 0.15) is 0 Å². The maximum absolute atomic E-state index is 10.6. The van der Waals surface area contributed by atoms with Crippen LogP contribution < -0.4 is 0 Å². The van der Waals surface area contributed by atoms with Gasteiger partial charge in [-0.3, -0.25) is 8.86 Å². The van der Waals surface area contributed by atoms with Crippen molar-refractivity contribution in [3.05, 3.63) is 11.2 Å². The summed E-state index contributed by atoms with van der Waals surface area (Å²) in [5.41, 5.74) is 0. The highest BCUT2D eigenvalue weighted by molar-refractivity contribution is 7.76. The van der Waals surface area contributed by atoms with Crippen LogP contribution in [-0.2, 0) is 11.3 Å². The minimum absolute atomic E-state index is 0.501. The topological polar surface area (TPSA) is 40.5 Å². The first-order chi connectivity index (χ1) is 5.07. The monoisotopic (exact) mass is 197 g/mol. The van der Waals surface area contributed by atoms with E-state index in [1.165, 1.54) is 10.5 Å². The molecule has 0 saturated heterocycles. The molecule has 0 radical (unpaired) electrons. The zero-order chi connectivity index (χ0) is 8.85. The smallest absolute Gasteiger partial charge is 0.261 e. The second-order valence-electron chi connectivity index (χ2n) is 2.09. The summed E-state index contributed by atoms with van der Waals surface area (Å²) >= 11 is 3.57. The van der Waals surface area contributed by atoms with Crippen molar-refractivity contribution < 1.29 is 8.76 Å². The molecule has 0 fully saturated rings. The van der Waals surface area contributed by atoms with Gasteiger partial charge in [0.2, 0.25) is 0 Å². The van der Waals surface area contributed by atoms with Crippen molar-refractivity contribution in [2.24, 2.45) is 0 Å². The van der Waals surface area contributed by atoms with Gasteiger partial charge in [-0.25, -0.2) is 4.21 Å². The fourth-order valence-electron chi connectivity index (χ4n) is 0.607. The molecule has 5 heteroatoms. The number of nitrogens with zero attached hydrogens (tertiary/aromatic N) is 1. The summed E-state index contributed by atoms with van der Waals surface area (Å²) in [4.78, 5) is 0. The van der Waals surface area contributed by atoms with Crippen LogP contribution in [0.2, 0.25) is 0 Å². The van der Waals surface area contributed by atoms with Crippen molar-refractivity contribution in [1.29, 1.82) is 0 Å². The Morgan fingerprint density at radius 3 is 2.64 bits per heavy atom. The zero-order valence-electron chi connectivity index (χ0n) is 6.58. The van der Waals surface area contributed by atoms with Crippen LogP contribution in [-0.4, -0.2) is 19.6 Å². The van der Waals surface area contributed by atoms with Crippen LogP contribution in [0.4, 0.5) is 0 Å². The van der Waals surface area contributed by atoms with Gasteiger partial charge in [0.05, 0.1) is 0 Å². The second kappa shape index (κ2) is 5.57. The maximum atomic E-state index is 10.6. The predicted octanol–water partition coefficient (Wildman–Crippen LogP) is 1.94. The molecule has 0 aliphatic rings. The molecule has 0 heterocycles. The van der Waals surface area contributed by atoms with E-state index < -0.39 is 11.3 Å². The molecule has 0 aliphatic heterocycles. The van der Waals surface area contributed by atoms with Crippen LogP contribution in [0.25, 0.3) is 0 Å². The Bertz CT molecular complexity index is 168. The highest BCUT2D eigenvalue weighted by Gasteiger charge is 2.03. The van der Waals surface area contributed by atoms with Crippen LogP contribution in [0, 0.1) is 0 Å². The van der Waals surface area contributed by atoms with Crippen molar-refractivity contribution in [2.45, 2.75) is 20.3 Å². The van der Waals surface area contributed by atoms with Crippen molar-refractivity contribution in [1.82, 2.24) is 4.31 Å². The molecule has 0 aromatic heterocycles. The summed E-state index contributed by atoms with van der Waals surface area (Å²) in [7, 11) is 0. The molecule has 11 heavy (non-hydrogen) atoms. The number of hydrogen-bond acceptors (Lipinski definition) is 1. The summed E-state index contributed by atoms with van der Waals surface area (Å²) in [6.45, 7) is 4.13.